The molecule has 0 atom stereocenters. The van der Waals surface area contributed by atoms with E-state index in [1.165, 1.54) is 18.2 Å². The normalized spacial score (nSPS) is 13.5. The first-order valence-electron chi connectivity index (χ1n) is 10.5. The van der Waals surface area contributed by atoms with E-state index in [2.05, 4.69) is 34.5 Å². The van der Waals surface area contributed by atoms with Crippen LogP contribution in [-0.2, 0) is 37.4 Å². The summed E-state index contributed by atoms with van der Waals surface area (Å²) in [5.41, 5.74) is 4.37. The second kappa shape index (κ2) is 9.62. The quantitative estimate of drug-likeness (QED) is 0.642. The van der Waals surface area contributed by atoms with Crippen molar-refractivity contribution < 1.29 is 9.53 Å². The van der Waals surface area contributed by atoms with E-state index in [1.54, 1.807) is 12.3 Å². The van der Waals surface area contributed by atoms with Crippen LogP contribution < -0.4 is 15.5 Å². The number of carbonyl (C=O) groups is 1. The lowest BCUT2D eigenvalue weighted by Gasteiger charge is -2.29. The van der Waals surface area contributed by atoms with Gasteiger partial charge in [-0.15, -0.1) is 0 Å². The summed E-state index contributed by atoms with van der Waals surface area (Å²) in [6, 6.07) is 19.8. The summed E-state index contributed by atoms with van der Waals surface area (Å²) in [7, 11) is 1.47. The maximum absolute atomic E-state index is 12.6. The van der Waals surface area contributed by atoms with Gasteiger partial charge in [0.2, 0.25) is 11.3 Å². The maximum Gasteiger partial charge on any atom is 0.240 e. The Bertz CT molecular complexity index is 1110. The number of rotatable bonds is 7. The smallest absolute Gasteiger partial charge is 0.240 e. The summed E-state index contributed by atoms with van der Waals surface area (Å²) >= 11 is 0. The fourth-order valence-electron chi connectivity index (χ4n) is 3.96. The highest BCUT2D eigenvalue weighted by atomic mass is 16.5. The van der Waals surface area contributed by atoms with Crippen LogP contribution in [0.3, 0.4) is 0 Å². The summed E-state index contributed by atoms with van der Waals surface area (Å²) in [6.45, 7) is 2.94. The molecule has 0 fully saturated rings. The van der Waals surface area contributed by atoms with Crippen molar-refractivity contribution in [1.29, 1.82) is 0 Å². The lowest BCUT2D eigenvalue weighted by atomic mass is 10.00. The van der Waals surface area contributed by atoms with Gasteiger partial charge in [0.05, 0.1) is 13.3 Å². The van der Waals surface area contributed by atoms with E-state index < -0.39 is 0 Å². The zero-order chi connectivity index (χ0) is 21.6. The molecule has 31 heavy (non-hydrogen) atoms. The third-order valence-corrected chi connectivity index (χ3v) is 5.64. The highest BCUT2D eigenvalue weighted by Crippen LogP contribution is 2.20. The number of benzene rings is 2. The summed E-state index contributed by atoms with van der Waals surface area (Å²) in [4.78, 5) is 27.3. The largest absolute Gasteiger partial charge is 0.491 e. The standard InChI is InChI=1S/C25H27N3O3/c1-31-24-17-28(18-25(30)26-14-19-7-3-2-4-8-19)22(13-23(24)29)16-27-12-11-20-9-5-6-10-21(20)15-27/h2-10,13,17H,11-12,14-16,18H2,1H3,(H,26,30). The van der Waals surface area contributed by atoms with Crippen molar-refractivity contribution in [3.05, 3.63) is 99.5 Å². The number of nitrogens with one attached hydrogen (secondary N) is 1. The van der Waals surface area contributed by atoms with Gasteiger partial charge in [0.1, 0.15) is 6.54 Å². The summed E-state index contributed by atoms with van der Waals surface area (Å²) in [6.07, 6.45) is 2.62. The molecule has 0 saturated carbocycles. The van der Waals surface area contributed by atoms with Gasteiger partial charge < -0.3 is 14.6 Å². The minimum absolute atomic E-state index is 0.111. The summed E-state index contributed by atoms with van der Waals surface area (Å²) < 4.78 is 7.03. The van der Waals surface area contributed by atoms with Crippen LogP contribution in [0.4, 0.5) is 0 Å². The Kier molecular flexibility index (Phi) is 6.48. The van der Waals surface area contributed by atoms with E-state index in [4.69, 9.17) is 4.74 Å². The van der Waals surface area contributed by atoms with Crippen LogP contribution in [-0.4, -0.2) is 29.0 Å². The molecule has 2 aromatic carbocycles. The lowest BCUT2D eigenvalue weighted by Crippen LogP contribution is -2.33. The molecule has 1 N–H and O–H groups in total. The fourth-order valence-corrected chi connectivity index (χ4v) is 3.96. The van der Waals surface area contributed by atoms with Crippen LogP contribution in [0.1, 0.15) is 22.4 Å². The molecule has 6 heteroatoms. The zero-order valence-corrected chi connectivity index (χ0v) is 17.7. The molecule has 0 spiro atoms. The molecule has 6 nitrogen and oxygen atoms in total. The van der Waals surface area contributed by atoms with Gasteiger partial charge in [-0.1, -0.05) is 54.6 Å². The van der Waals surface area contributed by atoms with E-state index in [0.717, 1.165) is 30.8 Å². The molecule has 0 unspecified atom stereocenters. The molecule has 1 amide bonds. The van der Waals surface area contributed by atoms with Crippen molar-refractivity contribution in [2.75, 3.05) is 13.7 Å². The molecule has 2 heterocycles. The average molecular weight is 418 g/mol. The van der Waals surface area contributed by atoms with Crippen LogP contribution in [0.15, 0.2) is 71.7 Å². The predicted octanol–water partition coefficient (Wildman–Crippen LogP) is 2.73. The zero-order valence-electron chi connectivity index (χ0n) is 17.7. The molecule has 1 aromatic heterocycles. The third kappa shape index (κ3) is 5.22. The number of pyridine rings is 1. The number of ether oxygens (including phenoxy) is 1. The van der Waals surface area contributed by atoms with E-state index in [-0.39, 0.29) is 23.6 Å². The Hall–Kier alpha value is -3.38. The molecule has 1 aliphatic rings. The first-order valence-corrected chi connectivity index (χ1v) is 10.5. The minimum atomic E-state index is -0.171. The lowest BCUT2D eigenvalue weighted by molar-refractivity contribution is -0.121. The van der Waals surface area contributed by atoms with E-state index in [9.17, 15) is 9.59 Å². The van der Waals surface area contributed by atoms with Crippen molar-refractivity contribution in [3.8, 4) is 5.75 Å². The number of hydrogen-bond acceptors (Lipinski definition) is 4. The number of amides is 1. The Balaban J connectivity index is 1.49. The van der Waals surface area contributed by atoms with Crippen molar-refractivity contribution in [2.45, 2.75) is 32.6 Å². The van der Waals surface area contributed by atoms with Crippen LogP contribution in [0.2, 0.25) is 0 Å². The SMILES string of the molecule is COc1cn(CC(=O)NCc2ccccc2)c(CN2CCc3ccccc3C2)cc1=O. The van der Waals surface area contributed by atoms with Gasteiger partial charge in [-0.05, 0) is 23.1 Å². The number of fused-ring (bicyclic) bond motifs is 1. The number of methoxy groups -OCH3 is 1. The Labute approximate surface area is 182 Å². The van der Waals surface area contributed by atoms with Crippen molar-refractivity contribution in [3.63, 3.8) is 0 Å². The predicted molar refractivity (Wildman–Crippen MR) is 120 cm³/mol. The minimum Gasteiger partial charge on any atom is -0.491 e. The molecule has 3 aromatic rings. The molecular weight excluding hydrogens is 390 g/mol. The van der Waals surface area contributed by atoms with Crippen LogP contribution in [0.25, 0.3) is 0 Å². The fraction of sp³-hybridized carbons (Fsp3) is 0.280. The van der Waals surface area contributed by atoms with Gasteiger partial charge in [-0.3, -0.25) is 14.5 Å². The van der Waals surface area contributed by atoms with Crippen molar-refractivity contribution in [2.24, 2.45) is 0 Å². The molecule has 1 aliphatic heterocycles. The summed E-state index contributed by atoms with van der Waals surface area (Å²) in [5.74, 6) is 0.128. The second-order valence-corrected chi connectivity index (χ2v) is 7.82. The van der Waals surface area contributed by atoms with Crippen molar-refractivity contribution in [1.82, 2.24) is 14.8 Å². The molecule has 0 aliphatic carbocycles. The first kappa shape index (κ1) is 20.9. The molecule has 0 saturated heterocycles. The van der Waals surface area contributed by atoms with Gasteiger partial charge in [-0.2, -0.15) is 0 Å². The summed E-state index contributed by atoms with van der Waals surface area (Å²) in [5, 5.41) is 2.95. The van der Waals surface area contributed by atoms with Crippen LogP contribution in [0.5, 0.6) is 5.75 Å². The number of nitrogens with zero attached hydrogens (tertiary/aromatic N) is 2. The maximum atomic E-state index is 12.6. The second-order valence-electron chi connectivity index (χ2n) is 7.82. The van der Waals surface area contributed by atoms with Gasteiger partial charge >= 0.3 is 0 Å². The highest BCUT2D eigenvalue weighted by molar-refractivity contribution is 5.75. The molecule has 0 radical (unpaired) electrons. The average Bonchev–Trinajstić information content (AvgIpc) is 2.80. The van der Waals surface area contributed by atoms with Crippen LogP contribution >= 0.6 is 0 Å². The molecule has 4 rings (SSSR count). The number of carbonyl (C=O) groups excluding carboxylic acids is 1. The first-order chi connectivity index (χ1) is 15.1. The van der Waals surface area contributed by atoms with Gasteiger partial charge in [0.25, 0.3) is 0 Å². The highest BCUT2D eigenvalue weighted by Gasteiger charge is 2.18. The topological polar surface area (TPSA) is 63.6 Å². The Morgan fingerprint density at radius 3 is 2.58 bits per heavy atom. The van der Waals surface area contributed by atoms with E-state index in [0.29, 0.717) is 13.1 Å². The van der Waals surface area contributed by atoms with E-state index >= 15 is 0 Å². The Morgan fingerprint density at radius 1 is 1.06 bits per heavy atom. The van der Waals surface area contributed by atoms with Gasteiger partial charge in [0, 0.05) is 37.9 Å². The Morgan fingerprint density at radius 2 is 1.81 bits per heavy atom. The third-order valence-electron chi connectivity index (χ3n) is 5.64. The molecule has 0 bridgehead atoms. The number of hydrogen-bond donors (Lipinski definition) is 1. The molecular formula is C25H27N3O3. The van der Waals surface area contributed by atoms with Gasteiger partial charge in [-0.25, -0.2) is 0 Å². The molecule has 160 valence electrons. The van der Waals surface area contributed by atoms with Crippen molar-refractivity contribution >= 4 is 5.91 Å². The van der Waals surface area contributed by atoms with Gasteiger partial charge in [0.15, 0.2) is 5.75 Å². The number of aromatic nitrogens is 1. The van der Waals surface area contributed by atoms with Crippen LogP contribution in [0, 0.1) is 0 Å². The van der Waals surface area contributed by atoms with E-state index in [1.807, 2.05) is 34.9 Å². The monoisotopic (exact) mass is 417 g/mol.